The molecule has 0 amide bonds. The van der Waals surface area contributed by atoms with Crippen LogP contribution in [-0.4, -0.2) is 18.6 Å². The Labute approximate surface area is 125 Å². The van der Waals surface area contributed by atoms with Crippen molar-refractivity contribution in [1.82, 2.24) is 5.32 Å². The summed E-state index contributed by atoms with van der Waals surface area (Å²) in [7, 11) is 0. The number of hydrogen-bond acceptors (Lipinski definition) is 2. The fourth-order valence-electron chi connectivity index (χ4n) is 1.95. The van der Waals surface area contributed by atoms with E-state index in [0.717, 1.165) is 23.6 Å². The average molecular weight is 306 g/mol. The van der Waals surface area contributed by atoms with Gasteiger partial charge in [-0.15, -0.1) is 0 Å². The first-order chi connectivity index (χ1) is 8.58. The maximum absolute atomic E-state index is 6.25. The van der Waals surface area contributed by atoms with Crippen LogP contribution in [0.2, 0.25) is 10.0 Å². The van der Waals surface area contributed by atoms with E-state index in [1.165, 1.54) is 5.75 Å². The van der Waals surface area contributed by atoms with Crippen LogP contribution in [0.1, 0.15) is 31.9 Å². The number of halogens is 2. The molecule has 1 nitrogen and oxygen atoms in total. The lowest BCUT2D eigenvalue weighted by atomic mass is 10.0. The molecule has 1 N–H and O–H groups in total. The van der Waals surface area contributed by atoms with Gasteiger partial charge in [0.25, 0.3) is 0 Å². The Morgan fingerprint density at radius 3 is 2.61 bits per heavy atom. The highest BCUT2D eigenvalue weighted by Gasteiger charge is 2.13. The van der Waals surface area contributed by atoms with Gasteiger partial charge in [-0.05, 0) is 48.6 Å². The van der Waals surface area contributed by atoms with E-state index >= 15 is 0 Å². The van der Waals surface area contributed by atoms with Gasteiger partial charge in [-0.1, -0.05) is 43.1 Å². The lowest BCUT2D eigenvalue weighted by Gasteiger charge is -2.21. The van der Waals surface area contributed by atoms with Crippen LogP contribution in [0.3, 0.4) is 0 Å². The molecule has 1 aromatic rings. The Hall–Kier alpha value is 0.110. The van der Waals surface area contributed by atoms with E-state index in [4.69, 9.17) is 23.2 Å². The van der Waals surface area contributed by atoms with Crippen LogP contribution in [0.4, 0.5) is 0 Å². The molecular formula is C14H21Cl2NS. The molecule has 0 heterocycles. The lowest BCUT2D eigenvalue weighted by Crippen LogP contribution is -2.27. The SMILES string of the molecule is CCC(NCC(C)CSC)c1ccc(Cl)cc1Cl. The van der Waals surface area contributed by atoms with Gasteiger partial charge in [0.15, 0.2) is 0 Å². The topological polar surface area (TPSA) is 12.0 Å². The number of thioether (sulfide) groups is 1. The predicted octanol–water partition coefficient (Wildman–Crippen LogP) is 5.03. The minimum Gasteiger partial charge on any atom is -0.310 e. The van der Waals surface area contributed by atoms with E-state index in [2.05, 4.69) is 25.4 Å². The van der Waals surface area contributed by atoms with Gasteiger partial charge >= 0.3 is 0 Å². The van der Waals surface area contributed by atoms with Gasteiger partial charge in [0.1, 0.15) is 0 Å². The summed E-state index contributed by atoms with van der Waals surface area (Å²) < 4.78 is 0. The predicted molar refractivity (Wildman–Crippen MR) is 85.0 cm³/mol. The Bertz CT molecular complexity index is 371. The monoisotopic (exact) mass is 305 g/mol. The van der Waals surface area contributed by atoms with Crippen molar-refractivity contribution in [2.24, 2.45) is 5.92 Å². The third-order valence-electron chi connectivity index (χ3n) is 2.91. The van der Waals surface area contributed by atoms with Crippen LogP contribution in [0.5, 0.6) is 0 Å². The smallest absolute Gasteiger partial charge is 0.0468 e. The Kier molecular flexibility index (Phi) is 7.47. The van der Waals surface area contributed by atoms with Crippen molar-refractivity contribution in [2.45, 2.75) is 26.3 Å². The van der Waals surface area contributed by atoms with Crippen LogP contribution in [-0.2, 0) is 0 Å². The summed E-state index contributed by atoms with van der Waals surface area (Å²) in [6, 6.07) is 6.04. The molecule has 0 aliphatic carbocycles. The van der Waals surface area contributed by atoms with E-state index in [0.29, 0.717) is 17.0 Å². The molecule has 0 bridgehead atoms. The molecule has 4 heteroatoms. The fourth-order valence-corrected chi connectivity index (χ4v) is 3.17. The highest BCUT2D eigenvalue weighted by molar-refractivity contribution is 7.98. The number of hydrogen-bond donors (Lipinski definition) is 1. The summed E-state index contributed by atoms with van der Waals surface area (Å²) in [5.74, 6) is 1.85. The fraction of sp³-hybridized carbons (Fsp3) is 0.571. The molecule has 0 radical (unpaired) electrons. The third-order valence-corrected chi connectivity index (χ3v) is 4.37. The second-order valence-electron chi connectivity index (χ2n) is 4.60. The minimum atomic E-state index is 0.305. The van der Waals surface area contributed by atoms with Crippen molar-refractivity contribution in [1.29, 1.82) is 0 Å². The summed E-state index contributed by atoms with van der Waals surface area (Å²) in [6.07, 6.45) is 3.16. The first kappa shape index (κ1) is 16.2. The van der Waals surface area contributed by atoms with Crippen molar-refractivity contribution >= 4 is 35.0 Å². The lowest BCUT2D eigenvalue weighted by molar-refractivity contribution is 0.468. The van der Waals surface area contributed by atoms with E-state index < -0.39 is 0 Å². The zero-order valence-corrected chi connectivity index (χ0v) is 13.5. The Balaban J connectivity index is 2.65. The van der Waals surface area contributed by atoms with Gasteiger partial charge in [-0.2, -0.15) is 11.8 Å². The van der Waals surface area contributed by atoms with Crippen LogP contribution in [0.15, 0.2) is 18.2 Å². The van der Waals surface area contributed by atoms with Gasteiger partial charge in [-0.3, -0.25) is 0 Å². The van der Waals surface area contributed by atoms with Gasteiger partial charge in [-0.25, -0.2) is 0 Å². The molecule has 1 aromatic carbocycles. The molecular weight excluding hydrogens is 285 g/mol. The minimum absolute atomic E-state index is 0.305. The summed E-state index contributed by atoms with van der Waals surface area (Å²) in [4.78, 5) is 0. The van der Waals surface area contributed by atoms with Crippen LogP contribution < -0.4 is 5.32 Å². The largest absolute Gasteiger partial charge is 0.310 e. The second-order valence-corrected chi connectivity index (χ2v) is 6.35. The zero-order chi connectivity index (χ0) is 13.5. The maximum atomic E-state index is 6.25. The molecule has 0 saturated heterocycles. The molecule has 0 aliphatic heterocycles. The van der Waals surface area contributed by atoms with Gasteiger partial charge in [0, 0.05) is 16.1 Å². The molecule has 1 rings (SSSR count). The molecule has 0 spiro atoms. The van der Waals surface area contributed by atoms with Gasteiger partial charge < -0.3 is 5.32 Å². The van der Waals surface area contributed by atoms with Crippen LogP contribution in [0.25, 0.3) is 0 Å². The van der Waals surface area contributed by atoms with E-state index in [-0.39, 0.29) is 0 Å². The molecule has 0 saturated carbocycles. The maximum Gasteiger partial charge on any atom is 0.0468 e. The molecule has 102 valence electrons. The van der Waals surface area contributed by atoms with Gasteiger partial charge in [0.2, 0.25) is 0 Å². The summed E-state index contributed by atoms with van der Waals surface area (Å²) in [5, 5.41) is 5.03. The molecule has 2 unspecified atom stereocenters. The highest BCUT2D eigenvalue weighted by Crippen LogP contribution is 2.28. The molecule has 0 aromatic heterocycles. The van der Waals surface area contributed by atoms with Gasteiger partial charge in [0.05, 0.1) is 0 Å². The summed E-state index contributed by atoms with van der Waals surface area (Å²) in [5.41, 5.74) is 1.14. The summed E-state index contributed by atoms with van der Waals surface area (Å²) >= 11 is 14.1. The van der Waals surface area contributed by atoms with E-state index in [1.807, 2.05) is 30.0 Å². The summed E-state index contributed by atoms with van der Waals surface area (Å²) in [6.45, 7) is 5.44. The van der Waals surface area contributed by atoms with E-state index in [9.17, 15) is 0 Å². The van der Waals surface area contributed by atoms with Crippen molar-refractivity contribution in [3.8, 4) is 0 Å². The van der Waals surface area contributed by atoms with Crippen molar-refractivity contribution in [3.05, 3.63) is 33.8 Å². The number of benzene rings is 1. The Morgan fingerprint density at radius 2 is 2.06 bits per heavy atom. The second kappa shape index (κ2) is 8.31. The zero-order valence-electron chi connectivity index (χ0n) is 11.2. The van der Waals surface area contributed by atoms with Crippen molar-refractivity contribution in [3.63, 3.8) is 0 Å². The van der Waals surface area contributed by atoms with Crippen molar-refractivity contribution in [2.75, 3.05) is 18.6 Å². The van der Waals surface area contributed by atoms with Crippen molar-refractivity contribution < 1.29 is 0 Å². The first-order valence-corrected chi connectivity index (χ1v) is 8.40. The number of rotatable bonds is 7. The third kappa shape index (κ3) is 5.00. The number of nitrogens with one attached hydrogen (secondary N) is 1. The normalized spacial score (nSPS) is 14.5. The molecule has 18 heavy (non-hydrogen) atoms. The highest BCUT2D eigenvalue weighted by atomic mass is 35.5. The standard InChI is InChI=1S/C14H21Cl2NS/c1-4-14(17-8-10(2)9-18-3)12-6-5-11(15)7-13(12)16/h5-7,10,14,17H,4,8-9H2,1-3H3. The molecule has 2 atom stereocenters. The van der Waals surface area contributed by atoms with Crippen LogP contribution >= 0.6 is 35.0 Å². The van der Waals surface area contributed by atoms with E-state index in [1.54, 1.807) is 0 Å². The quantitative estimate of drug-likeness (QED) is 0.758. The first-order valence-electron chi connectivity index (χ1n) is 6.25. The average Bonchev–Trinajstić information content (AvgIpc) is 2.32. The molecule has 0 aliphatic rings. The molecule has 0 fully saturated rings. The van der Waals surface area contributed by atoms with Crippen LogP contribution in [0, 0.1) is 5.92 Å². The Morgan fingerprint density at radius 1 is 1.33 bits per heavy atom.